The zero-order valence-corrected chi connectivity index (χ0v) is 10.9. The molecule has 1 unspecified atom stereocenters. The standard InChI is InChI=1S/C12H17NO3S/c1-16-9-3-8-13-12(14)10-4-6-11(7-5-10)17(2)15/h4-7H,3,8-9H2,1-2H3,(H,13,14). The summed E-state index contributed by atoms with van der Waals surface area (Å²) in [7, 11) is 0.624. The third-order valence-corrected chi connectivity index (χ3v) is 3.20. The number of carbonyl (C=O) groups excluding carboxylic acids is 1. The summed E-state index contributed by atoms with van der Waals surface area (Å²) < 4.78 is 16.1. The molecule has 5 heteroatoms. The van der Waals surface area contributed by atoms with Crippen LogP contribution < -0.4 is 5.32 Å². The van der Waals surface area contributed by atoms with Crippen LogP contribution in [0, 0.1) is 0 Å². The van der Waals surface area contributed by atoms with E-state index >= 15 is 0 Å². The first kappa shape index (κ1) is 13.9. The summed E-state index contributed by atoms with van der Waals surface area (Å²) in [5, 5.41) is 2.79. The van der Waals surface area contributed by atoms with Crippen LogP contribution in [0.2, 0.25) is 0 Å². The SMILES string of the molecule is COCCCNC(=O)c1ccc(S(C)=O)cc1. The van der Waals surface area contributed by atoms with Crippen molar-refractivity contribution in [1.29, 1.82) is 0 Å². The van der Waals surface area contributed by atoms with Gasteiger partial charge < -0.3 is 10.1 Å². The molecular weight excluding hydrogens is 238 g/mol. The van der Waals surface area contributed by atoms with Gasteiger partial charge in [0.05, 0.1) is 0 Å². The fraction of sp³-hybridized carbons (Fsp3) is 0.417. The molecule has 0 radical (unpaired) electrons. The minimum Gasteiger partial charge on any atom is -0.385 e. The molecule has 0 saturated heterocycles. The Labute approximate surface area is 104 Å². The van der Waals surface area contributed by atoms with Gasteiger partial charge in [0.15, 0.2) is 0 Å². The minimum atomic E-state index is -1.01. The molecule has 94 valence electrons. The molecule has 0 heterocycles. The van der Waals surface area contributed by atoms with Crippen molar-refractivity contribution in [1.82, 2.24) is 5.32 Å². The van der Waals surface area contributed by atoms with Gasteiger partial charge in [0.1, 0.15) is 0 Å². The first-order valence-electron chi connectivity index (χ1n) is 5.36. The van der Waals surface area contributed by atoms with Crippen molar-refractivity contribution in [2.75, 3.05) is 26.5 Å². The molecule has 0 spiro atoms. The highest BCUT2D eigenvalue weighted by molar-refractivity contribution is 7.84. The third-order valence-electron chi connectivity index (χ3n) is 2.26. The lowest BCUT2D eigenvalue weighted by Crippen LogP contribution is -2.25. The fourth-order valence-corrected chi connectivity index (χ4v) is 1.84. The van der Waals surface area contributed by atoms with Gasteiger partial charge in [-0.2, -0.15) is 0 Å². The summed E-state index contributed by atoms with van der Waals surface area (Å²) in [6.45, 7) is 1.22. The average molecular weight is 255 g/mol. The summed E-state index contributed by atoms with van der Waals surface area (Å²) in [6.07, 6.45) is 2.40. The van der Waals surface area contributed by atoms with Crippen LogP contribution in [0.15, 0.2) is 29.2 Å². The van der Waals surface area contributed by atoms with Crippen molar-refractivity contribution in [3.8, 4) is 0 Å². The molecule has 0 aliphatic rings. The van der Waals surface area contributed by atoms with E-state index in [4.69, 9.17) is 4.74 Å². The second-order valence-corrected chi connectivity index (χ2v) is 4.96. The summed E-state index contributed by atoms with van der Waals surface area (Å²) in [6, 6.07) is 6.78. The van der Waals surface area contributed by atoms with Crippen LogP contribution in [0.5, 0.6) is 0 Å². The number of benzene rings is 1. The average Bonchev–Trinajstić information content (AvgIpc) is 2.34. The highest BCUT2D eigenvalue weighted by atomic mass is 32.2. The van der Waals surface area contributed by atoms with Gasteiger partial charge in [-0.3, -0.25) is 9.00 Å². The van der Waals surface area contributed by atoms with Crippen molar-refractivity contribution in [3.05, 3.63) is 29.8 Å². The Kier molecular flexibility index (Phi) is 5.86. The van der Waals surface area contributed by atoms with Crippen LogP contribution in [0.1, 0.15) is 16.8 Å². The first-order valence-corrected chi connectivity index (χ1v) is 6.91. The molecule has 1 amide bonds. The van der Waals surface area contributed by atoms with Crippen molar-refractivity contribution in [3.63, 3.8) is 0 Å². The smallest absolute Gasteiger partial charge is 0.251 e. The minimum absolute atomic E-state index is 0.116. The van der Waals surface area contributed by atoms with Gasteiger partial charge in [0.2, 0.25) is 0 Å². The Morgan fingerprint density at radius 2 is 2.00 bits per heavy atom. The molecule has 0 aliphatic carbocycles. The molecule has 0 aromatic heterocycles. The van der Waals surface area contributed by atoms with E-state index in [1.165, 1.54) is 0 Å². The van der Waals surface area contributed by atoms with Gasteiger partial charge in [-0.15, -0.1) is 0 Å². The maximum Gasteiger partial charge on any atom is 0.251 e. The summed E-state index contributed by atoms with van der Waals surface area (Å²) in [4.78, 5) is 12.4. The van der Waals surface area contributed by atoms with Crippen LogP contribution in [0.4, 0.5) is 0 Å². The van der Waals surface area contributed by atoms with Gasteiger partial charge in [-0.05, 0) is 30.7 Å². The monoisotopic (exact) mass is 255 g/mol. The molecule has 1 aromatic rings. The molecule has 0 saturated carbocycles. The lowest BCUT2D eigenvalue weighted by Gasteiger charge is -2.05. The van der Waals surface area contributed by atoms with Crippen LogP contribution >= 0.6 is 0 Å². The Bertz CT molecular complexity index is 389. The Balaban J connectivity index is 2.49. The predicted molar refractivity (Wildman–Crippen MR) is 67.6 cm³/mol. The van der Waals surface area contributed by atoms with E-state index in [0.29, 0.717) is 18.7 Å². The number of nitrogens with one attached hydrogen (secondary N) is 1. The number of amides is 1. The summed E-state index contributed by atoms with van der Waals surface area (Å²) in [5.74, 6) is -0.116. The van der Waals surface area contributed by atoms with E-state index in [9.17, 15) is 9.00 Å². The molecule has 17 heavy (non-hydrogen) atoms. The second-order valence-electron chi connectivity index (χ2n) is 3.58. The topological polar surface area (TPSA) is 55.4 Å². The van der Waals surface area contributed by atoms with Crippen molar-refractivity contribution in [2.24, 2.45) is 0 Å². The predicted octanol–water partition coefficient (Wildman–Crippen LogP) is 1.19. The summed E-state index contributed by atoms with van der Waals surface area (Å²) in [5.41, 5.74) is 0.580. The zero-order valence-electron chi connectivity index (χ0n) is 10.1. The Hall–Kier alpha value is -1.20. The van der Waals surface area contributed by atoms with Crippen LogP contribution in [0.25, 0.3) is 0 Å². The zero-order chi connectivity index (χ0) is 12.7. The van der Waals surface area contributed by atoms with Gasteiger partial charge in [0, 0.05) is 47.8 Å². The number of rotatable bonds is 6. The maximum absolute atomic E-state index is 11.7. The van der Waals surface area contributed by atoms with Crippen LogP contribution in [-0.4, -0.2) is 36.6 Å². The molecule has 0 aliphatic heterocycles. The van der Waals surface area contributed by atoms with Gasteiger partial charge in [0.25, 0.3) is 5.91 Å². The Morgan fingerprint density at radius 3 is 2.53 bits per heavy atom. The van der Waals surface area contributed by atoms with Crippen molar-refractivity contribution in [2.45, 2.75) is 11.3 Å². The number of hydrogen-bond donors (Lipinski definition) is 1. The molecule has 0 fully saturated rings. The van der Waals surface area contributed by atoms with Crippen molar-refractivity contribution >= 4 is 16.7 Å². The molecule has 4 nitrogen and oxygen atoms in total. The van der Waals surface area contributed by atoms with Crippen molar-refractivity contribution < 1.29 is 13.7 Å². The first-order chi connectivity index (χ1) is 8.15. The van der Waals surface area contributed by atoms with E-state index in [1.54, 1.807) is 37.6 Å². The van der Waals surface area contributed by atoms with E-state index < -0.39 is 10.8 Å². The van der Waals surface area contributed by atoms with Gasteiger partial charge >= 0.3 is 0 Å². The molecule has 1 atom stereocenters. The highest BCUT2D eigenvalue weighted by Crippen LogP contribution is 2.07. The fourth-order valence-electron chi connectivity index (χ4n) is 1.32. The number of hydrogen-bond acceptors (Lipinski definition) is 3. The molecule has 1 aromatic carbocycles. The Morgan fingerprint density at radius 1 is 1.35 bits per heavy atom. The van der Waals surface area contributed by atoms with Crippen LogP contribution in [-0.2, 0) is 15.5 Å². The van der Waals surface area contributed by atoms with Crippen LogP contribution in [0.3, 0.4) is 0 Å². The van der Waals surface area contributed by atoms with E-state index in [-0.39, 0.29) is 5.91 Å². The van der Waals surface area contributed by atoms with E-state index in [0.717, 1.165) is 11.3 Å². The number of carbonyl (C=O) groups is 1. The normalized spacial score (nSPS) is 12.1. The van der Waals surface area contributed by atoms with Gasteiger partial charge in [-0.1, -0.05) is 0 Å². The lowest BCUT2D eigenvalue weighted by atomic mass is 10.2. The summed E-state index contributed by atoms with van der Waals surface area (Å²) >= 11 is 0. The maximum atomic E-state index is 11.7. The van der Waals surface area contributed by atoms with E-state index in [2.05, 4.69) is 5.32 Å². The second kappa shape index (κ2) is 7.19. The molecular formula is C12H17NO3S. The molecule has 0 bridgehead atoms. The number of methoxy groups -OCH3 is 1. The largest absolute Gasteiger partial charge is 0.385 e. The highest BCUT2D eigenvalue weighted by Gasteiger charge is 2.05. The number of ether oxygens (including phenoxy) is 1. The van der Waals surface area contributed by atoms with E-state index in [1.807, 2.05) is 0 Å². The van der Waals surface area contributed by atoms with Gasteiger partial charge in [-0.25, -0.2) is 0 Å². The lowest BCUT2D eigenvalue weighted by molar-refractivity contribution is 0.0948. The molecule has 1 rings (SSSR count). The quantitative estimate of drug-likeness (QED) is 0.777. The molecule has 1 N–H and O–H groups in total. The third kappa shape index (κ3) is 4.66.